The van der Waals surface area contributed by atoms with Crippen LogP contribution in [0.15, 0.2) is 18.2 Å². The number of aromatic hydroxyl groups is 1. The molecule has 0 fully saturated rings. The molecule has 0 heterocycles. The van der Waals surface area contributed by atoms with Gasteiger partial charge in [-0.25, -0.2) is 5.26 Å². The highest BCUT2D eigenvalue weighted by Gasteiger charge is 1.98. The van der Waals surface area contributed by atoms with Crippen LogP contribution in [-0.2, 0) is 0 Å². The van der Waals surface area contributed by atoms with Gasteiger partial charge in [-0.1, -0.05) is 6.07 Å². The highest BCUT2D eigenvalue weighted by Crippen LogP contribution is 2.24. The van der Waals surface area contributed by atoms with Gasteiger partial charge in [0.15, 0.2) is 0 Å². The Morgan fingerprint density at radius 1 is 1.18 bits per heavy atom. The number of para-hydroxylation sites is 1. The van der Waals surface area contributed by atoms with Gasteiger partial charge in [0, 0.05) is 6.57 Å². The Labute approximate surface area is 92.5 Å². The van der Waals surface area contributed by atoms with Gasteiger partial charge in [0.1, 0.15) is 5.75 Å². The number of halogens is 2. The Morgan fingerprint density at radius 2 is 1.55 bits per heavy atom. The molecule has 0 saturated heterocycles. The lowest BCUT2D eigenvalue weighted by Crippen LogP contribution is -1.75. The molecule has 0 atom stereocenters. The molecule has 0 radical (unpaired) electrons. The Hall–Kier alpha value is -0.0300. The standard InChI is InChI=1S/C6H4I2O.CHN/c7-4-2-1-3-5(8)6(4)9;1-2/h1-3,9H;1H. The van der Waals surface area contributed by atoms with E-state index < -0.39 is 0 Å². The zero-order chi connectivity index (χ0) is 8.85. The minimum absolute atomic E-state index is 0.388. The number of hydrogen-bond donors (Lipinski definition) is 1. The minimum atomic E-state index is 0.388. The van der Waals surface area contributed by atoms with Gasteiger partial charge < -0.3 is 5.11 Å². The lowest BCUT2D eigenvalue weighted by Gasteiger charge is -1.96. The van der Waals surface area contributed by atoms with Crippen LogP contribution in [0.4, 0.5) is 0 Å². The molecule has 0 saturated carbocycles. The number of rotatable bonds is 0. The summed E-state index contributed by atoms with van der Waals surface area (Å²) in [6.07, 6.45) is 0. The SMILES string of the molecule is C#N.Oc1c(I)cccc1I. The van der Waals surface area contributed by atoms with E-state index in [9.17, 15) is 5.11 Å². The number of benzene rings is 1. The summed E-state index contributed by atoms with van der Waals surface area (Å²) in [5.41, 5.74) is 0. The summed E-state index contributed by atoms with van der Waals surface area (Å²) in [7, 11) is 0. The molecule has 1 aromatic rings. The summed E-state index contributed by atoms with van der Waals surface area (Å²) in [4.78, 5) is 0. The summed E-state index contributed by atoms with van der Waals surface area (Å²) >= 11 is 4.19. The van der Waals surface area contributed by atoms with Crippen molar-refractivity contribution in [3.63, 3.8) is 0 Å². The molecule has 0 aliphatic heterocycles. The maximum absolute atomic E-state index is 9.19. The van der Waals surface area contributed by atoms with Crippen molar-refractivity contribution < 1.29 is 5.11 Å². The molecule has 0 spiro atoms. The lowest BCUT2D eigenvalue weighted by molar-refractivity contribution is 0.467. The Bertz CT molecular complexity index is 240. The van der Waals surface area contributed by atoms with Gasteiger partial charge in [0.25, 0.3) is 0 Å². The summed E-state index contributed by atoms with van der Waals surface area (Å²) in [5.74, 6) is 0.388. The van der Waals surface area contributed by atoms with Crippen LogP contribution in [-0.4, -0.2) is 5.11 Å². The fraction of sp³-hybridized carbons (Fsp3) is 0. The Balaban J connectivity index is 0.000000461. The first-order valence-electron chi connectivity index (χ1n) is 2.60. The van der Waals surface area contributed by atoms with Crippen LogP contribution in [0.25, 0.3) is 0 Å². The molecule has 0 unspecified atom stereocenters. The van der Waals surface area contributed by atoms with Gasteiger partial charge in [0.05, 0.1) is 7.14 Å². The van der Waals surface area contributed by atoms with E-state index in [0.717, 1.165) is 7.14 Å². The molecule has 0 bridgehead atoms. The summed E-state index contributed by atoms with van der Waals surface area (Å²) in [6, 6.07) is 5.67. The first-order chi connectivity index (χ1) is 5.22. The average molecular weight is 373 g/mol. The van der Waals surface area contributed by atoms with Crippen molar-refractivity contribution >= 4 is 45.2 Å². The number of phenolic OH excluding ortho intramolecular Hbond substituents is 1. The summed E-state index contributed by atoms with van der Waals surface area (Å²) in [6.45, 7) is 3.50. The van der Waals surface area contributed by atoms with Crippen molar-refractivity contribution in [2.75, 3.05) is 0 Å². The first-order valence-corrected chi connectivity index (χ1v) is 4.76. The first kappa shape index (κ1) is 11.0. The molecule has 58 valence electrons. The van der Waals surface area contributed by atoms with E-state index in [1.807, 2.05) is 18.2 Å². The van der Waals surface area contributed by atoms with Crippen LogP contribution in [0.5, 0.6) is 5.75 Å². The largest absolute Gasteiger partial charge is 0.506 e. The highest BCUT2D eigenvalue weighted by atomic mass is 127. The Morgan fingerprint density at radius 3 is 1.82 bits per heavy atom. The molecule has 0 aliphatic rings. The fourth-order valence-electron chi connectivity index (χ4n) is 0.489. The second-order valence-electron chi connectivity index (χ2n) is 1.57. The zero-order valence-corrected chi connectivity index (χ0v) is 9.77. The third-order valence-corrected chi connectivity index (χ3v) is 2.68. The van der Waals surface area contributed by atoms with Crippen LogP contribution in [0.1, 0.15) is 0 Å². The van der Waals surface area contributed by atoms with E-state index in [4.69, 9.17) is 5.26 Å². The van der Waals surface area contributed by atoms with E-state index >= 15 is 0 Å². The normalized spacial score (nSPS) is 8.00. The fourth-order valence-corrected chi connectivity index (χ4v) is 2.00. The number of hydrogen-bond acceptors (Lipinski definition) is 2. The van der Waals surface area contributed by atoms with Crippen LogP contribution in [0.3, 0.4) is 0 Å². The van der Waals surface area contributed by atoms with Crippen molar-refractivity contribution in [1.29, 1.82) is 5.26 Å². The average Bonchev–Trinajstić information content (AvgIpc) is 2.04. The van der Waals surface area contributed by atoms with Gasteiger partial charge in [0.2, 0.25) is 0 Å². The quantitative estimate of drug-likeness (QED) is 0.712. The number of nitrogens with zero attached hydrogens (tertiary/aromatic N) is 1. The molecule has 0 aliphatic carbocycles. The number of nitriles is 1. The van der Waals surface area contributed by atoms with E-state index in [-0.39, 0.29) is 0 Å². The van der Waals surface area contributed by atoms with Crippen molar-refractivity contribution in [2.45, 2.75) is 0 Å². The van der Waals surface area contributed by atoms with Gasteiger partial charge in [-0.05, 0) is 57.3 Å². The van der Waals surface area contributed by atoms with Crippen molar-refractivity contribution in [1.82, 2.24) is 0 Å². The third kappa shape index (κ3) is 3.25. The van der Waals surface area contributed by atoms with Crippen LogP contribution in [0, 0.1) is 19.0 Å². The highest BCUT2D eigenvalue weighted by molar-refractivity contribution is 14.1. The molecule has 1 N–H and O–H groups in total. The molecule has 1 aromatic carbocycles. The maximum Gasteiger partial charge on any atom is 0.142 e. The smallest absolute Gasteiger partial charge is 0.142 e. The van der Waals surface area contributed by atoms with Gasteiger partial charge in [-0.2, -0.15) is 0 Å². The molecule has 4 heteroatoms. The van der Waals surface area contributed by atoms with E-state index in [0.29, 0.717) is 5.75 Å². The zero-order valence-electron chi connectivity index (χ0n) is 5.46. The summed E-state index contributed by atoms with van der Waals surface area (Å²) < 4.78 is 1.80. The van der Waals surface area contributed by atoms with Crippen LogP contribution in [0.2, 0.25) is 0 Å². The maximum atomic E-state index is 9.19. The predicted octanol–water partition coefficient (Wildman–Crippen LogP) is 2.74. The van der Waals surface area contributed by atoms with Crippen molar-refractivity contribution in [2.24, 2.45) is 0 Å². The topological polar surface area (TPSA) is 44.0 Å². The van der Waals surface area contributed by atoms with Gasteiger partial charge in [-0.3, -0.25) is 0 Å². The molecule has 11 heavy (non-hydrogen) atoms. The number of phenols is 1. The van der Waals surface area contributed by atoms with Gasteiger partial charge >= 0.3 is 0 Å². The minimum Gasteiger partial charge on any atom is -0.506 e. The second-order valence-corrected chi connectivity index (χ2v) is 3.89. The predicted molar refractivity (Wildman–Crippen MR) is 60.2 cm³/mol. The lowest BCUT2D eigenvalue weighted by atomic mass is 10.3. The Kier molecular flexibility index (Phi) is 5.58. The molecular weight excluding hydrogens is 368 g/mol. The molecule has 0 aromatic heterocycles. The van der Waals surface area contributed by atoms with Crippen LogP contribution < -0.4 is 0 Å². The molecule has 1 rings (SSSR count). The van der Waals surface area contributed by atoms with Crippen molar-refractivity contribution in [3.05, 3.63) is 25.3 Å². The monoisotopic (exact) mass is 373 g/mol. The summed E-state index contributed by atoms with van der Waals surface area (Å²) in [5, 5.41) is 15.7. The molecule has 2 nitrogen and oxygen atoms in total. The van der Waals surface area contributed by atoms with Crippen molar-refractivity contribution in [3.8, 4) is 12.3 Å². The van der Waals surface area contributed by atoms with E-state index in [2.05, 4.69) is 51.8 Å². The van der Waals surface area contributed by atoms with E-state index in [1.165, 1.54) is 0 Å². The van der Waals surface area contributed by atoms with Gasteiger partial charge in [-0.15, -0.1) is 0 Å². The molecular formula is C7H5I2NO. The van der Waals surface area contributed by atoms with Crippen LogP contribution >= 0.6 is 45.2 Å². The van der Waals surface area contributed by atoms with E-state index in [1.54, 1.807) is 0 Å². The second kappa shape index (κ2) is 5.60. The molecule has 0 amide bonds. The third-order valence-electron chi connectivity index (χ3n) is 0.938.